The number of hydrogen-bond donors (Lipinski definition) is 1. The van der Waals surface area contributed by atoms with Gasteiger partial charge in [-0.25, -0.2) is 0 Å². The van der Waals surface area contributed by atoms with E-state index in [4.69, 9.17) is 0 Å². The molecule has 0 spiro atoms. The summed E-state index contributed by atoms with van der Waals surface area (Å²) in [5.41, 5.74) is 3.78. The van der Waals surface area contributed by atoms with Crippen molar-refractivity contribution in [2.24, 2.45) is 0 Å². The minimum absolute atomic E-state index is 0.0904. The number of aryl methyl sites for hydroxylation is 1. The van der Waals surface area contributed by atoms with E-state index >= 15 is 0 Å². The minimum Gasteiger partial charge on any atom is -0.368 e. The lowest BCUT2D eigenvalue weighted by Gasteiger charge is -2.36. The molecule has 1 N–H and O–H groups in total. The van der Waals surface area contributed by atoms with Gasteiger partial charge in [0.1, 0.15) is 0 Å². The summed E-state index contributed by atoms with van der Waals surface area (Å²) in [7, 11) is 0. The number of benzene rings is 2. The van der Waals surface area contributed by atoms with Crippen LogP contribution in [0.5, 0.6) is 0 Å². The molecule has 1 heterocycles. The molecule has 1 fully saturated rings. The lowest BCUT2D eigenvalue weighted by Crippen LogP contribution is -2.48. The van der Waals surface area contributed by atoms with Crippen molar-refractivity contribution in [3.63, 3.8) is 0 Å². The summed E-state index contributed by atoms with van der Waals surface area (Å²) in [5, 5.41) is 3.00. The fourth-order valence-electron chi connectivity index (χ4n) is 4.02. The van der Waals surface area contributed by atoms with Gasteiger partial charge in [-0.05, 0) is 49.2 Å². The summed E-state index contributed by atoms with van der Waals surface area (Å²) in [6.45, 7) is 7.22. The van der Waals surface area contributed by atoms with Gasteiger partial charge < -0.3 is 15.1 Å². The third-order valence-electron chi connectivity index (χ3n) is 5.97. The molecule has 0 aromatic heterocycles. The highest BCUT2D eigenvalue weighted by molar-refractivity contribution is 5.95. The Morgan fingerprint density at radius 3 is 2.23 bits per heavy atom. The molecular formula is C26H35N3O2. The van der Waals surface area contributed by atoms with E-state index in [1.54, 1.807) is 0 Å². The van der Waals surface area contributed by atoms with Crippen LogP contribution < -0.4 is 10.2 Å². The fraction of sp³-hybridized carbons (Fsp3) is 0.462. The summed E-state index contributed by atoms with van der Waals surface area (Å²) in [6, 6.07) is 15.8. The lowest BCUT2D eigenvalue weighted by atomic mass is 10.1. The van der Waals surface area contributed by atoms with Gasteiger partial charge in [0.25, 0.3) is 5.91 Å². The molecule has 5 nitrogen and oxygen atoms in total. The van der Waals surface area contributed by atoms with E-state index < -0.39 is 0 Å². The fourth-order valence-corrected chi connectivity index (χ4v) is 4.02. The van der Waals surface area contributed by atoms with E-state index in [0.29, 0.717) is 19.5 Å². The Hall–Kier alpha value is -2.82. The maximum atomic E-state index is 12.8. The van der Waals surface area contributed by atoms with Crippen molar-refractivity contribution < 1.29 is 9.59 Å². The van der Waals surface area contributed by atoms with Crippen LogP contribution in [-0.4, -0.2) is 42.9 Å². The molecule has 0 unspecified atom stereocenters. The molecule has 1 saturated heterocycles. The van der Waals surface area contributed by atoms with Crippen LogP contribution in [0.1, 0.15) is 61.4 Å². The summed E-state index contributed by atoms with van der Waals surface area (Å²) >= 11 is 0. The van der Waals surface area contributed by atoms with Crippen molar-refractivity contribution in [3.05, 3.63) is 59.7 Å². The predicted molar refractivity (Wildman–Crippen MR) is 128 cm³/mol. The quantitative estimate of drug-likeness (QED) is 0.562. The van der Waals surface area contributed by atoms with Crippen LogP contribution in [0.25, 0.3) is 0 Å². The number of carbonyl (C=O) groups is 2. The minimum atomic E-state index is 0.0904. The lowest BCUT2D eigenvalue weighted by molar-refractivity contribution is -0.116. The number of rotatable bonds is 9. The smallest absolute Gasteiger partial charge is 0.254 e. The van der Waals surface area contributed by atoms with Gasteiger partial charge in [0.15, 0.2) is 0 Å². The molecule has 1 aliphatic heterocycles. The molecule has 0 atom stereocenters. The molecule has 0 aliphatic carbocycles. The van der Waals surface area contributed by atoms with Crippen LogP contribution >= 0.6 is 0 Å². The number of nitrogens with one attached hydrogen (secondary N) is 1. The Morgan fingerprint density at radius 2 is 1.55 bits per heavy atom. The molecule has 0 bridgehead atoms. The molecule has 5 heteroatoms. The van der Waals surface area contributed by atoms with Crippen molar-refractivity contribution in [3.8, 4) is 0 Å². The number of anilines is 2. The van der Waals surface area contributed by atoms with E-state index in [-0.39, 0.29) is 11.8 Å². The molecule has 166 valence electrons. The van der Waals surface area contributed by atoms with Gasteiger partial charge >= 0.3 is 0 Å². The van der Waals surface area contributed by atoms with Gasteiger partial charge in [-0.1, -0.05) is 50.8 Å². The summed E-state index contributed by atoms with van der Waals surface area (Å²) in [6.07, 6.45) is 6.34. The highest BCUT2D eigenvalue weighted by Gasteiger charge is 2.23. The van der Waals surface area contributed by atoms with Crippen LogP contribution in [0.3, 0.4) is 0 Å². The van der Waals surface area contributed by atoms with Gasteiger partial charge in [0, 0.05) is 49.5 Å². The number of piperazine rings is 1. The van der Waals surface area contributed by atoms with Crippen molar-refractivity contribution in [2.75, 3.05) is 36.4 Å². The Bertz CT molecular complexity index is 855. The maximum absolute atomic E-state index is 12.8. The predicted octanol–water partition coefficient (Wildman–Crippen LogP) is 5.26. The summed E-state index contributed by atoms with van der Waals surface area (Å²) in [4.78, 5) is 29.1. The van der Waals surface area contributed by atoms with Crippen molar-refractivity contribution in [1.29, 1.82) is 0 Å². The first-order chi connectivity index (χ1) is 15.1. The largest absolute Gasteiger partial charge is 0.368 e. The van der Waals surface area contributed by atoms with Crippen molar-refractivity contribution in [1.82, 2.24) is 4.90 Å². The summed E-state index contributed by atoms with van der Waals surface area (Å²) in [5.74, 6) is 0.207. The molecule has 0 radical (unpaired) electrons. The number of carbonyl (C=O) groups excluding carboxylic acids is 2. The Balaban J connectivity index is 1.45. The number of unbranched alkanes of at least 4 members (excludes halogenated alkanes) is 4. The van der Waals surface area contributed by atoms with Gasteiger partial charge in [-0.2, -0.15) is 0 Å². The van der Waals surface area contributed by atoms with E-state index in [1.807, 2.05) is 48.2 Å². The number of hydrogen-bond acceptors (Lipinski definition) is 3. The zero-order valence-electron chi connectivity index (χ0n) is 18.9. The van der Waals surface area contributed by atoms with Crippen LogP contribution in [0.4, 0.5) is 11.4 Å². The molecule has 31 heavy (non-hydrogen) atoms. The molecule has 2 aromatic carbocycles. The first-order valence-corrected chi connectivity index (χ1v) is 11.6. The SMILES string of the molecule is CCCCCCCC(=O)Nc1ccc(N2CCN(C(=O)c3ccccc3C)CC2)cc1. The molecule has 1 aliphatic rings. The first kappa shape index (κ1) is 22.9. The highest BCUT2D eigenvalue weighted by Crippen LogP contribution is 2.21. The topological polar surface area (TPSA) is 52.7 Å². The average molecular weight is 422 g/mol. The summed E-state index contributed by atoms with van der Waals surface area (Å²) < 4.78 is 0. The third kappa shape index (κ3) is 6.58. The second kappa shape index (κ2) is 11.5. The Morgan fingerprint density at radius 1 is 0.871 bits per heavy atom. The molecule has 2 aromatic rings. The molecule has 2 amide bonds. The third-order valence-corrected chi connectivity index (χ3v) is 5.97. The van der Waals surface area contributed by atoms with E-state index in [9.17, 15) is 9.59 Å². The van der Waals surface area contributed by atoms with Crippen molar-refractivity contribution in [2.45, 2.75) is 52.4 Å². The average Bonchev–Trinajstić information content (AvgIpc) is 2.79. The van der Waals surface area contributed by atoms with Gasteiger partial charge in [0.05, 0.1) is 0 Å². The van der Waals surface area contributed by atoms with Crippen LogP contribution in [0.2, 0.25) is 0 Å². The van der Waals surface area contributed by atoms with Gasteiger partial charge in [-0.15, -0.1) is 0 Å². The standard InChI is InChI=1S/C26H35N3O2/c1-3-4-5-6-7-12-25(30)27-22-13-15-23(16-14-22)28-17-19-29(20-18-28)26(31)24-11-9-8-10-21(24)2/h8-11,13-16H,3-7,12,17-20H2,1-2H3,(H,27,30). The van der Waals surface area contributed by atoms with E-state index in [0.717, 1.165) is 48.4 Å². The van der Waals surface area contributed by atoms with E-state index in [2.05, 4.69) is 29.3 Å². The number of nitrogens with zero attached hydrogens (tertiary/aromatic N) is 2. The second-order valence-electron chi connectivity index (χ2n) is 8.35. The highest BCUT2D eigenvalue weighted by atomic mass is 16.2. The van der Waals surface area contributed by atoms with Gasteiger partial charge in [-0.3, -0.25) is 9.59 Å². The normalized spacial score (nSPS) is 13.9. The zero-order valence-corrected chi connectivity index (χ0v) is 18.9. The molecular weight excluding hydrogens is 386 g/mol. The first-order valence-electron chi connectivity index (χ1n) is 11.6. The maximum Gasteiger partial charge on any atom is 0.254 e. The molecule has 0 saturated carbocycles. The number of amides is 2. The second-order valence-corrected chi connectivity index (χ2v) is 8.35. The van der Waals surface area contributed by atoms with Crippen LogP contribution in [0, 0.1) is 6.92 Å². The van der Waals surface area contributed by atoms with Crippen molar-refractivity contribution >= 4 is 23.2 Å². The Kier molecular flexibility index (Phi) is 8.51. The van der Waals surface area contributed by atoms with E-state index in [1.165, 1.54) is 19.3 Å². The monoisotopic (exact) mass is 421 g/mol. The van der Waals surface area contributed by atoms with Crippen LogP contribution in [-0.2, 0) is 4.79 Å². The Labute approximate surface area is 186 Å². The van der Waals surface area contributed by atoms with Crippen LogP contribution in [0.15, 0.2) is 48.5 Å². The zero-order chi connectivity index (χ0) is 22.1. The van der Waals surface area contributed by atoms with Gasteiger partial charge in [0.2, 0.25) is 5.91 Å². The molecule has 3 rings (SSSR count).